The van der Waals surface area contributed by atoms with E-state index < -0.39 is 0 Å². The van der Waals surface area contributed by atoms with Crippen molar-refractivity contribution >= 4 is 15.9 Å². The minimum absolute atomic E-state index is 0.291. The van der Waals surface area contributed by atoms with Gasteiger partial charge in [0.25, 0.3) is 0 Å². The first-order valence-corrected chi connectivity index (χ1v) is 5.35. The minimum atomic E-state index is -0.291. The monoisotopic (exact) mass is 269 g/mol. The molecule has 0 unspecified atom stereocenters. The van der Waals surface area contributed by atoms with Gasteiger partial charge in [-0.3, -0.25) is 0 Å². The Balaban J connectivity index is 2.58. The highest BCUT2D eigenvalue weighted by Gasteiger charge is 2.11. The molecule has 1 aromatic carbocycles. The Kier molecular flexibility index (Phi) is 2.81. The zero-order chi connectivity index (χ0) is 10.8. The maximum atomic E-state index is 13.5. The molecule has 1 heterocycles. The molecule has 1 aromatic heterocycles. The second-order valence-electron chi connectivity index (χ2n) is 3.06. The third-order valence-corrected chi connectivity index (χ3v) is 2.62. The SMILES string of the molecule is CCn1cnnc1-c1cc(Br)ccc1F. The second kappa shape index (κ2) is 4.10. The number of aryl methyl sites for hydroxylation is 1. The van der Waals surface area contributed by atoms with E-state index in [-0.39, 0.29) is 5.82 Å². The van der Waals surface area contributed by atoms with Gasteiger partial charge in [0.2, 0.25) is 0 Å². The largest absolute Gasteiger partial charge is 0.314 e. The highest BCUT2D eigenvalue weighted by atomic mass is 79.9. The number of hydrogen-bond acceptors (Lipinski definition) is 2. The summed E-state index contributed by atoms with van der Waals surface area (Å²) in [5, 5.41) is 7.68. The van der Waals surface area contributed by atoms with Gasteiger partial charge in [0.05, 0.1) is 5.56 Å². The van der Waals surface area contributed by atoms with Crippen molar-refractivity contribution in [3.8, 4) is 11.4 Å². The van der Waals surface area contributed by atoms with Crippen LogP contribution in [0.3, 0.4) is 0 Å². The summed E-state index contributed by atoms with van der Waals surface area (Å²) in [5.41, 5.74) is 0.462. The summed E-state index contributed by atoms with van der Waals surface area (Å²) < 4.78 is 16.2. The molecule has 0 spiro atoms. The average Bonchev–Trinajstić information content (AvgIpc) is 2.69. The molecular formula is C10H9BrFN3. The standard InChI is InChI=1S/C10H9BrFN3/c1-2-15-6-13-14-10(15)8-5-7(11)3-4-9(8)12/h3-6H,2H2,1H3. The first-order valence-electron chi connectivity index (χ1n) is 4.55. The Labute approximate surface area is 95.1 Å². The van der Waals surface area contributed by atoms with E-state index in [1.165, 1.54) is 6.07 Å². The van der Waals surface area contributed by atoms with E-state index in [0.29, 0.717) is 17.9 Å². The van der Waals surface area contributed by atoms with Crippen LogP contribution in [0.1, 0.15) is 6.92 Å². The second-order valence-corrected chi connectivity index (χ2v) is 3.98. The van der Waals surface area contributed by atoms with E-state index in [0.717, 1.165) is 4.47 Å². The summed E-state index contributed by atoms with van der Waals surface area (Å²) >= 11 is 3.30. The van der Waals surface area contributed by atoms with E-state index in [2.05, 4.69) is 26.1 Å². The van der Waals surface area contributed by atoms with Crippen LogP contribution in [0.15, 0.2) is 29.0 Å². The lowest BCUT2D eigenvalue weighted by atomic mass is 10.2. The van der Waals surface area contributed by atoms with Crippen molar-refractivity contribution in [2.75, 3.05) is 0 Å². The van der Waals surface area contributed by atoms with Crippen LogP contribution >= 0.6 is 15.9 Å². The minimum Gasteiger partial charge on any atom is -0.314 e. The fourth-order valence-corrected chi connectivity index (χ4v) is 1.72. The molecule has 5 heteroatoms. The Morgan fingerprint density at radius 3 is 3.00 bits per heavy atom. The molecule has 0 bridgehead atoms. The average molecular weight is 270 g/mol. The predicted molar refractivity (Wildman–Crippen MR) is 58.8 cm³/mol. The van der Waals surface area contributed by atoms with Gasteiger partial charge in [-0.05, 0) is 25.1 Å². The van der Waals surface area contributed by atoms with Crippen LogP contribution in [0.2, 0.25) is 0 Å². The molecule has 0 N–H and O–H groups in total. The molecule has 0 aliphatic heterocycles. The van der Waals surface area contributed by atoms with Gasteiger partial charge < -0.3 is 4.57 Å². The molecular weight excluding hydrogens is 261 g/mol. The lowest BCUT2D eigenvalue weighted by Gasteiger charge is -2.04. The van der Waals surface area contributed by atoms with Gasteiger partial charge in [-0.1, -0.05) is 15.9 Å². The number of halogens is 2. The van der Waals surface area contributed by atoms with E-state index in [1.807, 2.05) is 6.92 Å². The predicted octanol–water partition coefficient (Wildman–Crippen LogP) is 2.87. The van der Waals surface area contributed by atoms with Gasteiger partial charge in [0, 0.05) is 11.0 Å². The smallest absolute Gasteiger partial charge is 0.166 e. The fraction of sp³-hybridized carbons (Fsp3) is 0.200. The van der Waals surface area contributed by atoms with Crippen molar-refractivity contribution in [3.63, 3.8) is 0 Å². The van der Waals surface area contributed by atoms with Crippen molar-refractivity contribution in [2.24, 2.45) is 0 Å². The van der Waals surface area contributed by atoms with Gasteiger partial charge in [0.15, 0.2) is 5.82 Å². The summed E-state index contributed by atoms with van der Waals surface area (Å²) in [7, 11) is 0. The molecule has 0 radical (unpaired) electrons. The van der Waals surface area contributed by atoms with Crippen molar-refractivity contribution in [2.45, 2.75) is 13.5 Å². The van der Waals surface area contributed by atoms with Gasteiger partial charge in [-0.25, -0.2) is 4.39 Å². The van der Waals surface area contributed by atoms with Gasteiger partial charge >= 0.3 is 0 Å². The van der Waals surface area contributed by atoms with Gasteiger partial charge in [-0.2, -0.15) is 0 Å². The highest BCUT2D eigenvalue weighted by molar-refractivity contribution is 9.10. The van der Waals surface area contributed by atoms with Crippen molar-refractivity contribution in [3.05, 3.63) is 34.8 Å². The number of benzene rings is 1. The first-order chi connectivity index (χ1) is 7.22. The first kappa shape index (κ1) is 10.3. The molecule has 3 nitrogen and oxygen atoms in total. The molecule has 0 aliphatic carbocycles. The molecule has 0 saturated heterocycles. The van der Waals surface area contributed by atoms with E-state index >= 15 is 0 Å². The molecule has 2 aromatic rings. The van der Waals surface area contributed by atoms with E-state index in [9.17, 15) is 4.39 Å². The topological polar surface area (TPSA) is 30.7 Å². The number of hydrogen-bond donors (Lipinski definition) is 0. The molecule has 0 atom stereocenters. The summed E-state index contributed by atoms with van der Waals surface area (Å²) in [6.07, 6.45) is 1.59. The lowest BCUT2D eigenvalue weighted by Crippen LogP contribution is -1.97. The van der Waals surface area contributed by atoms with Crippen LogP contribution in [0.4, 0.5) is 4.39 Å². The Bertz CT molecular complexity index is 481. The zero-order valence-electron chi connectivity index (χ0n) is 8.11. The lowest BCUT2D eigenvalue weighted by molar-refractivity contribution is 0.627. The van der Waals surface area contributed by atoms with Gasteiger partial charge in [0.1, 0.15) is 12.1 Å². The number of rotatable bonds is 2. The van der Waals surface area contributed by atoms with Crippen molar-refractivity contribution in [1.29, 1.82) is 0 Å². The van der Waals surface area contributed by atoms with E-state index in [1.54, 1.807) is 23.0 Å². The summed E-state index contributed by atoms with van der Waals surface area (Å²) in [6.45, 7) is 2.68. The molecule has 2 rings (SSSR count). The highest BCUT2D eigenvalue weighted by Crippen LogP contribution is 2.24. The van der Waals surface area contributed by atoms with Crippen LogP contribution in [-0.4, -0.2) is 14.8 Å². The summed E-state index contributed by atoms with van der Waals surface area (Å²) in [6, 6.07) is 4.77. The zero-order valence-corrected chi connectivity index (χ0v) is 9.70. The molecule has 0 amide bonds. The Hall–Kier alpha value is -1.23. The van der Waals surface area contributed by atoms with E-state index in [4.69, 9.17) is 0 Å². The van der Waals surface area contributed by atoms with Crippen LogP contribution < -0.4 is 0 Å². The fourth-order valence-electron chi connectivity index (χ4n) is 1.36. The van der Waals surface area contributed by atoms with Crippen LogP contribution in [0.25, 0.3) is 11.4 Å². The third-order valence-electron chi connectivity index (χ3n) is 2.13. The van der Waals surface area contributed by atoms with Crippen LogP contribution in [0.5, 0.6) is 0 Å². The maximum Gasteiger partial charge on any atom is 0.166 e. The van der Waals surface area contributed by atoms with Crippen molar-refractivity contribution in [1.82, 2.24) is 14.8 Å². The number of nitrogens with zero attached hydrogens (tertiary/aromatic N) is 3. The Morgan fingerprint density at radius 1 is 1.47 bits per heavy atom. The summed E-state index contributed by atoms with van der Waals surface area (Å²) in [5.74, 6) is 0.261. The molecule has 0 saturated carbocycles. The normalized spacial score (nSPS) is 10.6. The quantitative estimate of drug-likeness (QED) is 0.840. The molecule has 0 aliphatic rings. The molecule has 78 valence electrons. The Morgan fingerprint density at radius 2 is 2.27 bits per heavy atom. The number of aromatic nitrogens is 3. The summed E-state index contributed by atoms with van der Waals surface area (Å²) in [4.78, 5) is 0. The maximum absolute atomic E-state index is 13.5. The van der Waals surface area contributed by atoms with Crippen molar-refractivity contribution < 1.29 is 4.39 Å². The third kappa shape index (κ3) is 1.92. The molecule has 15 heavy (non-hydrogen) atoms. The van der Waals surface area contributed by atoms with Gasteiger partial charge in [-0.15, -0.1) is 10.2 Å². The molecule has 0 fully saturated rings. The van der Waals surface area contributed by atoms with Crippen LogP contribution in [0, 0.1) is 5.82 Å². The van der Waals surface area contributed by atoms with Crippen LogP contribution in [-0.2, 0) is 6.54 Å².